The number of rotatable bonds is 10. The van der Waals surface area contributed by atoms with Crippen LogP contribution in [0.5, 0.6) is 28.7 Å². The number of halogens is 1. The predicted molar refractivity (Wildman–Crippen MR) is 137 cm³/mol. The Labute approximate surface area is 210 Å². The zero-order valence-electron chi connectivity index (χ0n) is 19.9. The predicted octanol–water partition coefficient (Wildman–Crippen LogP) is 5.35. The highest BCUT2D eigenvalue weighted by Crippen LogP contribution is 2.39. The smallest absolute Gasteiger partial charge is 0.261 e. The van der Waals surface area contributed by atoms with E-state index in [1.165, 1.54) is 59.8 Å². The van der Waals surface area contributed by atoms with Crippen LogP contribution >= 0.6 is 11.6 Å². The van der Waals surface area contributed by atoms with E-state index in [-0.39, 0.29) is 4.90 Å². The standard InChI is InChI=1S/C25H26ClNO7S/c1-30-21-14-17(7-6-16-12-23(32-3)25(34-5)24(13-16)33-4)20(15-22(21)31-2)27-35(28,29)19-10-8-18(26)9-11-19/h6-15,27H,1-5H3/b7-6-. The molecule has 35 heavy (non-hydrogen) atoms. The first-order valence-corrected chi connectivity index (χ1v) is 12.1. The number of benzene rings is 3. The summed E-state index contributed by atoms with van der Waals surface area (Å²) in [5.41, 5.74) is 1.57. The minimum absolute atomic E-state index is 0.0660. The largest absolute Gasteiger partial charge is 0.493 e. The van der Waals surface area contributed by atoms with Crippen LogP contribution in [0.25, 0.3) is 12.2 Å². The second-order valence-corrected chi connectivity index (χ2v) is 9.26. The van der Waals surface area contributed by atoms with Crippen molar-refractivity contribution in [3.8, 4) is 28.7 Å². The Morgan fingerprint density at radius 3 is 1.77 bits per heavy atom. The second kappa shape index (κ2) is 11.2. The Morgan fingerprint density at radius 1 is 0.714 bits per heavy atom. The van der Waals surface area contributed by atoms with Gasteiger partial charge in [0.1, 0.15) is 0 Å². The van der Waals surface area contributed by atoms with Crippen LogP contribution in [0.15, 0.2) is 53.4 Å². The Kier molecular flexibility index (Phi) is 8.37. The highest BCUT2D eigenvalue weighted by atomic mass is 35.5. The quantitative estimate of drug-likeness (QED) is 0.361. The minimum atomic E-state index is -3.91. The van der Waals surface area contributed by atoms with Gasteiger partial charge in [-0.15, -0.1) is 0 Å². The van der Waals surface area contributed by atoms with Crippen LogP contribution in [0.4, 0.5) is 5.69 Å². The van der Waals surface area contributed by atoms with Gasteiger partial charge in [0.25, 0.3) is 10.0 Å². The number of ether oxygens (including phenoxy) is 5. The number of methoxy groups -OCH3 is 5. The molecule has 0 spiro atoms. The molecule has 10 heteroatoms. The number of sulfonamides is 1. The van der Waals surface area contributed by atoms with Gasteiger partial charge in [-0.05, 0) is 48.0 Å². The first-order chi connectivity index (χ1) is 16.8. The topological polar surface area (TPSA) is 92.3 Å². The third-order valence-corrected chi connectivity index (χ3v) is 6.70. The van der Waals surface area contributed by atoms with Gasteiger partial charge in [0, 0.05) is 16.7 Å². The van der Waals surface area contributed by atoms with Crippen molar-refractivity contribution in [3.05, 3.63) is 64.7 Å². The van der Waals surface area contributed by atoms with E-state index in [2.05, 4.69) is 4.72 Å². The zero-order valence-corrected chi connectivity index (χ0v) is 21.5. The van der Waals surface area contributed by atoms with Crippen LogP contribution in [-0.2, 0) is 10.0 Å². The van der Waals surface area contributed by atoms with E-state index in [1.54, 1.807) is 36.4 Å². The third kappa shape index (κ3) is 5.93. The van der Waals surface area contributed by atoms with Crippen LogP contribution in [0, 0.1) is 0 Å². The summed E-state index contributed by atoms with van der Waals surface area (Å²) < 4.78 is 55.6. The lowest BCUT2D eigenvalue weighted by Crippen LogP contribution is -2.14. The molecular formula is C25H26ClNO7S. The lowest BCUT2D eigenvalue weighted by Gasteiger charge is -2.15. The third-order valence-electron chi connectivity index (χ3n) is 5.07. The summed E-state index contributed by atoms with van der Waals surface area (Å²) in [6.45, 7) is 0. The molecule has 0 saturated heterocycles. The molecule has 186 valence electrons. The average molecular weight is 520 g/mol. The molecule has 0 saturated carbocycles. The van der Waals surface area contributed by atoms with Crippen molar-refractivity contribution in [2.24, 2.45) is 0 Å². The maximum Gasteiger partial charge on any atom is 0.261 e. The first kappa shape index (κ1) is 26.1. The van der Waals surface area contributed by atoms with Crippen LogP contribution in [0.3, 0.4) is 0 Å². The van der Waals surface area contributed by atoms with Gasteiger partial charge in [0.15, 0.2) is 23.0 Å². The van der Waals surface area contributed by atoms with Crippen LogP contribution in [0.1, 0.15) is 11.1 Å². The van der Waals surface area contributed by atoms with Gasteiger partial charge in [-0.3, -0.25) is 4.72 Å². The van der Waals surface area contributed by atoms with Crippen LogP contribution in [-0.4, -0.2) is 44.0 Å². The van der Waals surface area contributed by atoms with E-state index in [0.717, 1.165) is 5.56 Å². The zero-order chi connectivity index (χ0) is 25.6. The minimum Gasteiger partial charge on any atom is -0.493 e. The van der Waals surface area contributed by atoms with Crippen molar-refractivity contribution >= 4 is 39.5 Å². The van der Waals surface area contributed by atoms with E-state index in [9.17, 15) is 8.42 Å². The van der Waals surface area contributed by atoms with Crippen molar-refractivity contribution in [1.82, 2.24) is 0 Å². The monoisotopic (exact) mass is 519 g/mol. The highest BCUT2D eigenvalue weighted by molar-refractivity contribution is 7.92. The lowest BCUT2D eigenvalue weighted by molar-refractivity contribution is 0.324. The van der Waals surface area contributed by atoms with Gasteiger partial charge >= 0.3 is 0 Å². The van der Waals surface area contributed by atoms with Gasteiger partial charge in [-0.25, -0.2) is 8.42 Å². The summed E-state index contributed by atoms with van der Waals surface area (Å²) in [6.07, 6.45) is 3.52. The van der Waals surface area contributed by atoms with Crippen molar-refractivity contribution in [2.45, 2.75) is 4.90 Å². The molecule has 0 aliphatic rings. The molecule has 1 N–H and O–H groups in total. The summed E-state index contributed by atoms with van der Waals surface area (Å²) >= 11 is 5.90. The Morgan fingerprint density at radius 2 is 1.26 bits per heavy atom. The molecule has 0 fully saturated rings. The molecule has 0 heterocycles. The van der Waals surface area contributed by atoms with E-state index in [0.29, 0.717) is 45.0 Å². The summed E-state index contributed by atoms with van der Waals surface area (Å²) in [7, 11) is 3.66. The van der Waals surface area contributed by atoms with E-state index >= 15 is 0 Å². The van der Waals surface area contributed by atoms with Gasteiger partial charge < -0.3 is 23.7 Å². The van der Waals surface area contributed by atoms with E-state index < -0.39 is 10.0 Å². The highest BCUT2D eigenvalue weighted by Gasteiger charge is 2.18. The van der Waals surface area contributed by atoms with Crippen molar-refractivity contribution in [2.75, 3.05) is 40.3 Å². The van der Waals surface area contributed by atoms with Gasteiger partial charge in [0.05, 0.1) is 46.1 Å². The molecule has 0 bridgehead atoms. The molecule has 0 amide bonds. The van der Waals surface area contributed by atoms with Crippen molar-refractivity contribution < 1.29 is 32.1 Å². The molecule has 3 aromatic rings. The average Bonchev–Trinajstić information content (AvgIpc) is 2.86. The summed E-state index contributed by atoms with van der Waals surface area (Å²) in [5, 5.41) is 0.434. The summed E-state index contributed by atoms with van der Waals surface area (Å²) in [4.78, 5) is 0.0660. The molecule has 0 atom stereocenters. The molecule has 3 aromatic carbocycles. The van der Waals surface area contributed by atoms with E-state index in [1.807, 2.05) is 0 Å². The van der Waals surface area contributed by atoms with Gasteiger partial charge in [-0.2, -0.15) is 0 Å². The summed E-state index contributed by atoms with van der Waals surface area (Å²) in [5.74, 6) is 2.25. The van der Waals surface area contributed by atoms with E-state index in [4.69, 9.17) is 35.3 Å². The number of hydrogen-bond donors (Lipinski definition) is 1. The van der Waals surface area contributed by atoms with Crippen LogP contribution < -0.4 is 28.4 Å². The molecule has 0 aliphatic carbocycles. The Hall–Kier alpha value is -3.56. The normalized spacial score (nSPS) is 11.3. The molecular weight excluding hydrogens is 494 g/mol. The summed E-state index contributed by atoms with van der Waals surface area (Å²) in [6, 6.07) is 12.7. The van der Waals surface area contributed by atoms with Gasteiger partial charge in [0.2, 0.25) is 5.75 Å². The fraction of sp³-hybridized carbons (Fsp3) is 0.200. The maximum atomic E-state index is 13.0. The molecule has 0 aliphatic heterocycles. The number of hydrogen-bond acceptors (Lipinski definition) is 7. The lowest BCUT2D eigenvalue weighted by atomic mass is 10.1. The van der Waals surface area contributed by atoms with Gasteiger partial charge in [-0.1, -0.05) is 23.8 Å². The Bertz CT molecular complexity index is 1300. The van der Waals surface area contributed by atoms with Crippen molar-refractivity contribution in [3.63, 3.8) is 0 Å². The molecule has 0 aromatic heterocycles. The molecule has 8 nitrogen and oxygen atoms in total. The number of anilines is 1. The second-order valence-electron chi connectivity index (χ2n) is 7.15. The first-order valence-electron chi connectivity index (χ1n) is 10.3. The van der Waals surface area contributed by atoms with Crippen molar-refractivity contribution in [1.29, 1.82) is 0 Å². The van der Waals surface area contributed by atoms with Crippen LogP contribution in [0.2, 0.25) is 5.02 Å². The molecule has 3 rings (SSSR count). The SMILES string of the molecule is COc1cc(/C=C\c2cc(OC)c(OC)c(OC)c2)c(NS(=O)(=O)c2ccc(Cl)cc2)cc1OC. The maximum absolute atomic E-state index is 13.0. The fourth-order valence-corrected chi connectivity index (χ4v) is 4.53. The molecule has 0 unspecified atom stereocenters. The number of nitrogens with one attached hydrogen (secondary N) is 1. The molecule has 0 radical (unpaired) electrons. The Balaban J connectivity index is 2.08. The fourth-order valence-electron chi connectivity index (χ4n) is 3.32.